The summed E-state index contributed by atoms with van der Waals surface area (Å²) in [6, 6.07) is 0. The van der Waals surface area contributed by atoms with Crippen LogP contribution in [-0.2, 0) is 0 Å². The molecule has 0 atom stereocenters. The highest BCUT2D eigenvalue weighted by Crippen LogP contribution is 1.95. The van der Waals surface area contributed by atoms with Gasteiger partial charge >= 0.3 is 0 Å². The van der Waals surface area contributed by atoms with Gasteiger partial charge in [-0.05, 0) is 6.08 Å². The Morgan fingerprint density at radius 2 is 2.43 bits per heavy atom. The van der Waals surface area contributed by atoms with Gasteiger partial charge in [-0.15, -0.1) is 0 Å². The fourth-order valence-electron chi connectivity index (χ4n) is 0.516. The summed E-state index contributed by atoms with van der Waals surface area (Å²) in [5, 5.41) is 3.46. The van der Waals surface area contributed by atoms with E-state index in [1.165, 1.54) is 0 Å². The van der Waals surface area contributed by atoms with Crippen LogP contribution in [0.25, 0.3) is 0 Å². The third-order valence-corrected chi connectivity index (χ3v) is 1.02. The molecular weight excluding hydrogens is 90.1 g/mol. The predicted octanol–water partition coefficient (Wildman–Crippen LogP) is -0.464. The number of hydrazine groups is 2. The van der Waals surface area contributed by atoms with E-state index in [1.54, 1.807) is 5.12 Å². The zero-order chi connectivity index (χ0) is 5.28. The van der Waals surface area contributed by atoms with Gasteiger partial charge in [-0.3, -0.25) is 0 Å². The third kappa shape index (κ3) is 0.730. The van der Waals surface area contributed by atoms with E-state index in [0.717, 1.165) is 6.54 Å². The van der Waals surface area contributed by atoms with E-state index in [2.05, 4.69) is 0 Å². The average molecular weight is 99.1 g/mol. The Hall–Kier alpha value is -0.540. The minimum atomic E-state index is 0.927. The Bertz CT molecular complexity index is 88.9. The Labute approximate surface area is 42.9 Å². The van der Waals surface area contributed by atoms with Gasteiger partial charge in [0, 0.05) is 19.8 Å². The second-order valence-corrected chi connectivity index (χ2v) is 1.61. The van der Waals surface area contributed by atoms with Gasteiger partial charge in [0.25, 0.3) is 0 Å². The number of likely N-dealkylation sites (N-methyl/N-ethyl adjacent to an activating group) is 1. The minimum absolute atomic E-state index is 0.927. The van der Waals surface area contributed by atoms with Crippen LogP contribution in [0.15, 0.2) is 12.3 Å². The Morgan fingerprint density at radius 1 is 1.71 bits per heavy atom. The number of rotatable bonds is 0. The van der Waals surface area contributed by atoms with Crippen LogP contribution < -0.4 is 5.84 Å². The lowest BCUT2D eigenvalue weighted by molar-refractivity contribution is 0.0849. The van der Waals surface area contributed by atoms with Crippen LogP contribution in [0.1, 0.15) is 0 Å². The quantitative estimate of drug-likeness (QED) is 0.417. The smallest absolute Gasteiger partial charge is 0.0391 e. The van der Waals surface area contributed by atoms with Crippen LogP contribution in [-0.4, -0.2) is 23.7 Å². The summed E-state index contributed by atoms with van der Waals surface area (Å²) < 4.78 is 0. The third-order valence-electron chi connectivity index (χ3n) is 1.02. The van der Waals surface area contributed by atoms with Gasteiger partial charge in [0.05, 0.1) is 0 Å². The molecule has 0 aromatic heterocycles. The summed E-state index contributed by atoms with van der Waals surface area (Å²) in [4.78, 5) is 0. The van der Waals surface area contributed by atoms with Crippen molar-refractivity contribution in [2.75, 3.05) is 13.6 Å². The molecule has 0 aromatic rings. The summed E-state index contributed by atoms with van der Waals surface area (Å²) >= 11 is 0. The Balaban J connectivity index is 2.45. The molecule has 0 radical (unpaired) electrons. The van der Waals surface area contributed by atoms with Crippen LogP contribution >= 0.6 is 0 Å². The molecule has 0 saturated carbocycles. The Kier molecular flexibility index (Phi) is 1.00. The van der Waals surface area contributed by atoms with Gasteiger partial charge < -0.3 is 0 Å². The maximum Gasteiger partial charge on any atom is 0.0391 e. The number of nitrogens with zero attached hydrogens (tertiary/aromatic N) is 2. The molecule has 3 heteroatoms. The standard InChI is InChI=1S/C4H9N3/c1-6-3-2-4-7(6)5/h2,4H,3,5H2,1H3. The number of nitrogens with two attached hydrogens (primary N) is 1. The molecule has 0 bridgehead atoms. The van der Waals surface area contributed by atoms with Crippen LogP contribution in [0.4, 0.5) is 0 Å². The van der Waals surface area contributed by atoms with Crippen molar-refractivity contribution in [1.29, 1.82) is 0 Å². The topological polar surface area (TPSA) is 32.5 Å². The molecule has 0 aromatic carbocycles. The van der Waals surface area contributed by atoms with E-state index >= 15 is 0 Å². The molecule has 0 fully saturated rings. The molecule has 3 nitrogen and oxygen atoms in total. The van der Waals surface area contributed by atoms with Crippen molar-refractivity contribution in [3.05, 3.63) is 12.3 Å². The molecule has 7 heavy (non-hydrogen) atoms. The maximum atomic E-state index is 5.35. The predicted molar refractivity (Wildman–Crippen MR) is 27.8 cm³/mol. The second-order valence-electron chi connectivity index (χ2n) is 1.61. The average Bonchev–Trinajstić information content (AvgIpc) is 1.91. The van der Waals surface area contributed by atoms with Crippen molar-refractivity contribution in [3.63, 3.8) is 0 Å². The molecule has 1 heterocycles. The SMILES string of the molecule is CN1CC=CN1N. The van der Waals surface area contributed by atoms with Crippen LogP contribution in [0.2, 0.25) is 0 Å². The zero-order valence-corrected chi connectivity index (χ0v) is 4.33. The Morgan fingerprint density at radius 3 is 2.57 bits per heavy atom. The van der Waals surface area contributed by atoms with Crippen molar-refractivity contribution in [1.82, 2.24) is 10.1 Å². The molecule has 0 saturated heterocycles. The first kappa shape index (κ1) is 4.61. The highest BCUT2D eigenvalue weighted by atomic mass is 15.7. The van der Waals surface area contributed by atoms with E-state index in [4.69, 9.17) is 5.84 Å². The van der Waals surface area contributed by atoms with Crippen molar-refractivity contribution in [2.45, 2.75) is 0 Å². The second kappa shape index (κ2) is 1.52. The lowest BCUT2D eigenvalue weighted by Crippen LogP contribution is -2.36. The molecular formula is C4H9N3. The summed E-state index contributed by atoms with van der Waals surface area (Å²) in [6.07, 6.45) is 3.83. The normalized spacial score (nSPS) is 21.7. The van der Waals surface area contributed by atoms with Gasteiger partial charge in [-0.25, -0.2) is 16.0 Å². The molecule has 1 aliphatic rings. The molecule has 1 aliphatic heterocycles. The highest BCUT2D eigenvalue weighted by Gasteiger charge is 2.03. The van der Waals surface area contributed by atoms with Crippen LogP contribution in [0, 0.1) is 0 Å². The minimum Gasteiger partial charge on any atom is -0.249 e. The lowest BCUT2D eigenvalue weighted by atomic mass is 10.6. The zero-order valence-electron chi connectivity index (χ0n) is 4.33. The van der Waals surface area contributed by atoms with Gasteiger partial charge in [-0.1, -0.05) is 0 Å². The van der Waals surface area contributed by atoms with Crippen molar-refractivity contribution < 1.29 is 0 Å². The van der Waals surface area contributed by atoms with Gasteiger partial charge in [0.2, 0.25) is 0 Å². The first-order valence-corrected chi connectivity index (χ1v) is 2.22. The number of hydrogen-bond acceptors (Lipinski definition) is 3. The van der Waals surface area contributed by atoms with Gasteiger partial charge in [0.1, 0.15) is 0 Å². The van der Waals surface area contributed by atoms with E-state index in [-0.39, 0.29) is 0 Å². The number of hydrogen-bond donors (Lipinski definition) is 1. The first-order chi connectivity index (χ1) is 3.30. The van der Waals surface area contributed by atoms with Crippen molar-refractivity contribution in [2.24, 2.45) is 5.84 Å². The van der Waals surface area contributed by atoms with Gasteiger partial charge in [-0.2, -0.15) is 0 Å². The monoisotopic (exact) mass is 99.1 g/mol. The first-order valence-electron chi connectivity index (χ1n) is 2.22. The fourth-order valence-corrected chi connectivity index (χ4v) is 0.516. The van der Waals surface area contributed by atoms with Crippen molar-refractivity contribution in [3.8, 4) is 0 Å². The summed E-state index contributed by atoms with van der Waals surface area (Å²) in [6.45, 7) is 0.927. The summed E-state index contributed by atoms with van der Waals surface area (Å²) in [5.41, 5.74) is 0. The fraction of sp³-hybridized carbons (Fsp3) is 0.500. The van der Waals surface area contributed by atoms with E-state index in [9.17, 15) is 0 Å². The molecule has 0 aliphatic carbocycles. The lowest BCUT2D eigenvalue weighted by Gasteiger charge is -2.17. The maximum absolute atomic E-state index is 5.35. The summed E-state index contributed by atoms with van der Waals surface area (Å²) in [7, 11) is 1.93. The molecule has 1 rings (SSSR count). The van der Waals surface area contributed by atoms with E-state index in [0.29, 0.717) is 0 Å². The van der Waals surface area contributed by atoms with Crippen molar-refractivity contribution >= 4 is 0 Å². The van der Waals surface area contributed by atoms with E-state index < -0.39 is 0 Å². The largest absolute Gasteiger partial charge is 0.249 e. The van der Waals surface area contributed by atoms with E-state index in [1.807, 2.05) is 24.3 Å². The molecule has 2 N–H and O–H groups in total. The molecule has 40 valence electrons. The van der Waals surface area contributed by atoms with Crippen LogP contribution in [0.3, 0.4) is 0 Å². The molecule has 0 unspecified atom stereocenters. The van der Waals surface area contributed by atoms with Gasteiger partial charge in [0.15, 0.2) is 0 Å². The molecule has 0 spiro atoms. The highest BCUT2D eigenvalue weighted by molar-refractivity contribution is 4.87. The summed E-state index contributed by atoms with van der Waals surface area (Å²) in [5.74, 6) is 5.35. The molecule has 0 amide bonds. The van der Waals surface area contributed by atoms with Crippen LogP contribution in [0.5, 0.6) is 0 Å².